The van der Waals surface area contributed by atoms with Crippen LogP contribution >= 0.6 is 0 Å². The molecule has 4 nitrogen and oxygen atoms in total. The van der Waals surface area contributed by atoms with Crippen LogP contribution in [0.15, 0.2) is 17.0 Å². The maximum Gasteiger partial charge on any atom is 0.340 e. The van der Waals surface area contributed by atoms with Crippen LogP contribution in [0.25, 0.3) is 0 Å². The van der Waals surface area contributed by atoms with Gasteiger partial charge in [-0.2, -0.15) is 0 Å². The summed E-state index contributed by atoms with van der Waals surface area (Å²) in [5.41, 5.74) is -0.443. The smallest absolute Gasteiger partial charge is 0.340 e. The lowest BCUT2D eigenvalue weighted by atomic mass is 10.1. The fraction of sp³-hybridized carbons (Fsp3) is 0.222. The standard InChI is InChI=1S/C9H9FO4S/c1-5-3-6(10)8(9(11)12)7(4-5)15(2,13)14/h3-4H,1-2H3,(H,11,12). The van der Waals surface area contributed by atoms with Crippen molar-refractivity contribution in [1.29, 1.82) is 0 Å². The van der Waals surface area contributed by atoms with Crippen LogP contribution in [-0.4, -0.2) is 25.7 Å². The van der Waals surface area contributed by atoms with E-state index in [1.54, 1.807) is 0 Å². The summed E-state index contributed by atoms with van der Waals surface area (Å²) >= 11 is 0. The van der Waals surface area contributed by atoms with Gasteiger partial charge in [0.1, 0.15) is 11.4 Å². The minimum atomic E-state index is -3.74. The highest BCUT2D eigenvalue weighted by atomic mass is 32.2. The summed E-state index contributed by atoms with van der Waals surface area (Å²) in [6.45, 7) is 1.49. The normalized spacial score (nSPS) is 11.4. The molecule has 0 heterocycles. The molecule has 15 heavy (non-hydrogen) atoms. The van der Waals surface area contributed by atoms with E-state index in [1.807, 2.05) is 0 Å². The van der Waals surface area contributed by atoms with Crippen LogP contribution in [0.1, 0.15) is 15.9 Å². The number of sulfone groups is 1. The van der Waals surface area contributed by atoms with Gasteiger partial charge in [-0.25, -0.2) is 17.6 Å². The van der Waals surface area contributed by atoms with Crippen molar-refractivity contribution in [2.75, 3.05) is 6.26 Å². The van der Waals surface area contributed by atoms with Crippen molar-refractivity contribution in [1.82, 2.24) is 0 Å². The molecule has 0 aliphatic carbocycles. The second-order valence-corrected chi connectivity index (χ2v) is 5.18. The molecular formula is C9H9FO4S. The highest BCUT2D eigenvalue weighted by Gasteiger charge is 2.22. The van der Waals surface area contributed by atoms with Gasteiger partial charge in [-0.3, -0.25) is 0 Å². The van der Waals surface area contributed by atoms with E-state index >= 15 is 0 Å². The molecule has 0 spiro atoms. The van der Waals surface area contributed by atoms with Gasteiger partial charge in [0.15, 0.2) is 9.84 Å². The third kappa shape index (κ3) is 2.33. The average molecular weight is 232 g/mol. The van der Waals surface area contributed by atoms with Gasteiger partial charge in [0.2, 0.25) is 0 Å². The maximum atomic E-state index is 13.2. The minimum absolute atomic E-state index is 0.359. The zero-order valence-electron chi connectivity index (χ0n) is 8.11. The van der Waals surface area contributed by atoms with E-state index in [0.717, 1.165) is 18.4 Å². The molecule has 1 aromatic carbocycles. The minimum Gasteiger partial charge on any atom is -0.478 e. The molecule has 82 valence electrons. The highest BCUT2D eigenvalue weighted by Crippen LogP contribution is 2.21. The molecule has 0 bridgehead atoms. The zero-order chi connectivity index (χ0) is 11.8. The van der Waals surface area contributed by atoms with Crippen molar-refractivity contribution < 1.29 is 22.7 Å². The average Bonchev–Trinajstić information content (AvgIpc) is 1.99. The Kier molecular flexibility index (Phi) is 2.81. The number of carboxylic acids is 1. The number of carbonyl (C=O) groups is 1. The highest BCUT2D eigenvalue weighted by molar-refractivity contribution is 7.90. The van der Waals surface area contributed by atoms with E-state index in [1.165, 1.54) is 6.92 Å². The number of aromatic carboxylic acids is 1. The van der Waals surface area contributed by atoms with Gasteiger partial charge in [0.25, 0.3) is 0 Å². The number of rotatable bonds is 2. The van der Waals surface area contributed by atoms with E-state index in [0.29, 0.717) is 5.56 Å². The first-order valence-corrected chi connectivity index (χ1v) is 5.86. The molecule has 0 aliphatic heterocycles. The fourth-order valence-electron chi connectivity index (χ4n) is 1.21. The first kappa shape index (κ1) is 11.6. The Bertz CT molecular complexity index is 519. The predicted molar refractivity (Wildman–Crippen MR) is 51.2 cm³/mol. The van der Waals surface area contributed by atoms with E-state index in [4.69, 9.17) is 5.11 Å². The number of aryl methyl sites for hydroxylation is 1. The molecule has 0 fully saturated rings. The van der Waals surface area contributed by atoms with Crippen molar-refractivity contribution >= 4 is 15.8 Å². The molecule has 1 aromatic rings. The van der Waals surface area contributed by atoms with Crippen LogP contribution in [-0.2, 0) is 9.84 Å². The van der Waals surface area contributed by atoms with E-state index in [-0.39, 0.29) is 0 Å². The van der Waals surface area contributed by atoms with Gasteiger partial charge in [-0.05, 0) is 24.6 Å². The van der Waals surface area contributed by atoms with Crippen LogP contribution in [0.3, 0.4) is 0 Å². The molecule has 0 saturated heterocycles. The van der Waals surface area contributed by atoms with Crippen molar-refractivity contribution in [3.8, 4) is 0 Å². The summed E-state index contributed by atoms with van der Waals surface area (Å²) in [7, 11) is -3.74. The second kappa shape index (κ2) is 3.62. The topological polar surface area (TPSA) is 71.4 Å². The van der Waals surface area contributed by atoms with Crippen LogP contribution in [0.5, 0.6) is 0 Å². The van der Waals surface area contributed by atoms with Crippen molar-refractivity contribution in [2.24, 2.45) is 0 Å². The number of carboxylic acid groups (broad SMARTS) is 1. The van der Waals surface area contributed by atoms with E-state index in [9.17, 15) is 17.6 Å². The molecule has 0 saturated carbocycles. The second-order valence-electron chi connectivity index (χ2n) is 3.20. The number of hydrogen-bond donors (Lipinski definition) is 1. The Morgan fingerprint density at radius 3 is 2.33 bits per heavy atom. The summed E-state index contributed by atoms with van der Waals surface area (Å²) in [5, 5.41) is 8.70. The van der Waals surface area contributed by atoms with Gasteiger partial charge in [-0.15, -0.1) is 0 Å². The quantitative estimate of drug-likeness (QED) is 0.832. The first-order chi connectivity index (χ1) is 6.73. The molecule has 0 unspecified atom stereocenters. The van der Waals surface area contributed by atoms with Crippen molar-refractivity contribution in [3.63, 3.8) is 0 Å². The lowest BCUT2D eigenvalue weighted by Crippen LogP contribution is -2.10. The molecule has 0 radical (unpaired) electrons. The zero-order valence-corrected chi connectivity index (χ0v) is 8.93. The van der Waals surface area contributed by atoms with Gasteiger partial charge in [0.05, 0.1) is 4.90 Å². The van der Waals surface area contributed by atoms with Gasteiger partial charge >= 0.3 is 5.97 Å². The Balaban J connectivity index is 3.70. The SMILES string of the molecule is Cc1cc(F)c(C(=O)O)c(S(C)(=O)=O)c1. The lowest BCUT2D eigenvalue weighted by Gasteiger charge is -2.06. The molecule has 1 rings (SSSR count). The first-order valence-electron chi connectivity index (χ1n) is 3.97. The Labute approximate surface area is 86.3 Å². The number of hydrogen-bond acceptors (Lipinski definition) is 3. The van der Waals surface area contributed by atoms with Crippen LogP contribution in [0, 0.1) is 12.7 Å². The summed E-state index contributed by atoms with van der Waals surface area (Å²) < 4.78 is 35.7. The molecule has 0 amide bonds. The molecule has 6 heteroatoms. The Hall–Kier alpha value is -1.43. The molecule has 0 aromatic heterocycles. The van der Waals surface area contributed by atoms with Crippen LogP contribution in [0.4, 0.5) is 4.39 Å². The predicted octanol–water partition coefficient (Wildman–Crippen LogP) is 1.24. The summed E-state index contributed by atoms with van der Waals surface area (Å²) in [5.74, 6) is -2.63. The monoisotopic (exact) mass is 232 g/mol. The Morgan fingerprint density at radius 1 is 1.40 bits per heavy atom. The molecular weight excluding hydrogens is 223 g/mol. The summed E-state index contributed by atoms with van der Waals surface area (Å²) in [6, 6.07) is 2.12. The third-order valence-electron chi connectivity index (χ3n) is 1.81. The van der Waals surface area contributed by atoms with Gasteiger partial charge in [0, 0.05) is 6.26 Å². The molecule has 0 atom stereocenters. The van der Waals surface area contributed by atoms with Crippen LogP contribution < -0.4 is 0 Å². The number of benzene rings is 1. The molecule has 0 aliphatic rings. The van der Waals surface area contributed by atoms with E-state index < -0.39 is 32.1 Å². The summed E-state index contributed by atoms with van der Waals surface area (Å²) in [6.07, 6.45) is 0.841. The van der Waals surface area contributed by atoms with Crippen molar-refractivity contribution in [2.45, 2.75) is 11.8 Å². The summed E-state index contributed by atoms with van der Waals surface area (Å²) in [4.78, 5) is 10.2. The third-order valence-corrected chi connectivity index (χ3v) is 2.93. The van der Waals surface area contributed by atoms with Crippen LogP contribution in [0.2, 0.25) is 0 Å². The van der Waals surface area contributed by atoms with Crippen molar-refractivity contribution in [3.05, 3.63) is 29.1 Å². The van der Waals surface area contributed by atoms with E-state index in [2.05, 4.69) is 0 Å². The molecule has 1 N–H and O–H groups in total. The van der Waals surface area contributed by atoms with Gasteiger partial charge in [-0.1, -0.05) is 0 Å². The Morgan fingerprint density at radius 2 is 1.93 bits per heavy atom. The van der Waals surface area contributed by atoms with Gasteiger partial charge < -0.3 is 5.11 Å². The maximum absolute atomic E-state index is 13.2. The fourth-order valence-corrected chi connectivity index (χ4v) is 2.17. The number of halogens is 1. The lowest BCUT2D eigenvalue weighted by molar-refractivity contribution is 0.0687. The largest absolute Gasteiger partial charge is 0.478 e.